The van der Waals surface area contributed by atoms with Gasteiger partial charge in [-0.05, 0) is 36.6 Å². The fourth-order valence-electron chi connectivity index (χ4n) is 1.94. The van der Waals surface area contributed by atoms with Gasteiger partial charge in [-0.15, -0.1) is 0 Å². The summed E-state index contributed by atoms with van der Waals surface area (Å²) in [5.41, 5.74) is 1.16. The van der Waals surface area contributed by atoms with E-state index in [1.54, 1.807) is 0 Å². The number of aromatic nitrogens is 1. The number of benzene rings is 1. The molecule has 86 valence electrons. The van der Waals surface area contributed by atoms with Crippen molar-refractivity contribution in [3.05, 3.63) is 30.5 Å². The van der Waals surface area contributed by atoms with Gasteiger partial charge in [0.1, 0.15) is 5.75 Å². The van der Waals surface area contributed by atoms with Crippen LogP contribution in [-0.4, -0.2) is 11.6 Å². The van der Waals surface area contributed by atoms with Gasteiger partial charge in [-0.1, -0.05) is 20.3 Å². The van der Waals surface area contributed by atoms with Crippen LogP contribution >= 0.6 is 0 Å². The lowest BCUT2D eigenvalue weighted by atomic mass is 10.1. The smallest absolute Gasteiger partial charge is 0.120 e. The fourth-order valence-corrected chi connectivity index (χ4v) is 1.94. The SMILES string of the molecule is CCCC(C)COc1ccc2[nH]ccc2c1. The van der Waals surface area contributed by atoms with Crippen molar-refractivity contribution in [1.29, 1.82) is 0 Å². The predicted molar refractivity (Wildman–Crippen MR) is 67.9 cm³/mol. The molecule has 0 spiro atoms. The topological polar surface area (TPSA) is 25.0 Å². The van der Waals surface area contributed by atoms with Gasteiger partial charge in [-0.2, -0.15) is 0 Å². The van der Waals surface area contributed by atoms with Crippen molar-refractivity contribution in [2.75, 3.05) is 6.61 Å². The summed E-state index contributed by atoms with van der Waals surface area (Å²) in [5, 5.41) is 1.21. The molecule has 1 heterocycles. The van der Waals surface area contributed by atoms with Crippen molar-refractivity contribution in [2.45, 2.75) is 26.7 Å². The molecule has 1 aromatic heterocycles. The number of ether oxygens (including phenoxy) is 1. The second kappa shape index (κ2) is 5.06. The Morgan fingerprint density at radius 1 is 1.31 bits per heavy atom. The van der Waals surface area contributed by atoms with Crippen LogP contribution in [0.25, 0.3) is 10.9 Å². The fraction of sp³-hybridized carbons (Fsp3) is 0.429. The van der Waals surface area contributed by atoms with Gasteiger partial charge >= 0.3 is 0 Å². The molecule has 0 aliphatic heterocycles. The van der Waals surface area contributed by atoms with Crippen LogP contribution in [0, 0.1) is 5.92 Å². The molecule has 2 heteroatoms. The first kappa shape index (κ1) is 11.1. The standard InChI is InChI=1S/C14H19NO/c1-3-4-11(2)10-16-13-5-6-14-12(9-13)7-8-15-14/h5-9,11,15H,3-4,10H2,1-2H3. The van der Waals surface area contributed by atoms with Crippen LogP contribution in [0.1, 0.15) is 26.7 Å². The van der Waals surface area contributed by atoms with Crippen molar-refractivity contribution in [3.63, 3.8) is 0 Å². The van der Waals surface area contributed by atoms with E-state index in [1.807, 2.05) is 12.3 Å². The van der Waals surface area contributed by atoms with Crippen molar-refractivity contribution in [3.8, 4) is 5.75 Å². The minimum absolute atomic E-state index is 0.631. The molecular formula is C14H19NO. The molecule has 0 radical (unpaired) electrons. The third kappa shape index (κ3) is 2.57. The summed E-state index contributed by atoms with van der Waals surface area (Å²) in [6.07, 6.45) is 4.40. The van der Waals surface area contributed by atoms with Crippen molar-refractivity contribution >= 4 is 10.9 Å². The molecule has 0 aliphatic carbocycles. The monoisotopic (exact) mass is 217 g/mol. The van der Waals surface area contributed by atoms with E-state index in [1.165, 1.54) is 18.2 Å². The molecule has 0 aliphatic rings. The summed E-state index contributed by atoms with van der Waals surface area (Å²) >= 11 is 0. The van der Waals surface area contributed by atoms with E-state index >= 15 is 0 Å². The van der Waals surface area contributed by atoms with Crippen LogP contribution in [0.5, 0.6) is 5.75 Å². The highest BCUT2D eigenvalue weighted by Crippen LogP contribution is 2.20. The van der Waals surface area contributed by atoms with E-state index in [-0.39, 0.29) is 0 Å². The first-order chi connectivity index (χ1) is 7.79. The van der Waals surface area contributed by atoms with Gasteiger partial charge in [0.15, 0.2) is 0 Å². The average molecular weight is 217 g/mol. The van der Waals surface area contributed by atoms with Gasteiger partial charge in [0.25, 0.3) is 0 Å². The molecule has 1 unspecified atom stereocenters. The van der Waals surface area contributed by atoms with Gasteiger partial charge in [-0.25, -0.2) is 0 Å². The summed E-state index contributed by atoms with van der Waals surface area (Å²) in [6, 6.07) is 8.24. The number of aromatic amines is 1. The summed E-state index contributed by atoms with van der Waals surface area (Å²) in [5.74, 6) is 1.60. The summed E-state index contributed by atoms with van der Waals surface area (Å²) in [6.45, 7) is 5.25. The maximum absolute atomic E-state index is 5.78. The Bertz CT molecular complexity index is 447. The van der Waals surface area contributed by atoms with E-state index in [2.05, 4.69) is 37.0 Å². The molecule has 2 nitrogen and oxygen atoms in total. The highest BCUT2D eigenvalue weighted by atomic mass is 16.5. The van der Waals surface area contributed by atoms with Crippen molar-refractivity contribution < 1.29 is 4.74 Å². The van der Waals surface area contributed by atoms with Crippen LogP contribution in [0.4, 0.5) is 0 Å². The normalized spacial score (nSPS) is 12.9. The molecule has 0 fully saturated rings. The largest absolute Gasteiger partial charge is 0.493 e. The Balaban J connectivity index is 1.98. The Hall–Kier alpha value is -1.44. The number of H-pyrrole nitrogens is 1. The quantitative estimate of drug-likeness (QED) is 0.805. The molecule has 1 aromatic carbocycles. The molecular weight excluding hydrogens is 198 g/mol. The van der Waals surface area contributed by atoms with E-state index in [0.29, 0.717) is 5.92 Å². The molecule has 1 N–H and O–H groups in total. The van der Waals surface area contributed by atoms with Crippen LogP contribution in [0.15, 0.2) is 30.5 Å². The van der Waals surface area contributed by atoms with Crippen LogP contribution in [-0.2, 0) is 0 Å². The zero-order valence-electron chi connectivity index (χ0n) is 9.99. The van der Waals surface area contributed by atoms with Crippen LogP contribution in [0.2, 0.25) is 0 Å². The number of nitrogens with one attached hydrogen (secondary N) is 1. The first-order valence-corrected chi connectivity index (χ1v) is 5.99. The Morgan fingerprint density at radius 2 is 2.19 bits per heavy atom. The van der Waals surface area contributed by atoms with Gasteiger partial charge in [0.2, 0.25) is 0 Å². The summed E-state index contributed by atoms with van der Waals surface area (Å²) < 4.78 is 5.78. The highest BCUT2D eigenvalue weighted by molar-refractivity contribution is 5.80. The third-order valence-corrected chi connectivity index (χ3v) is 2.84. The molecule has 0 saturated carbocycles. The lowest BCUT2D eigenvalue weighted by Gasteiger charge is -2.11. The maximum atomic E-state index is 5.78. The van der Waals surface area contributed by atoms with E-state index in [4.69, 9.17) is 4.74 Å². The predicted octanol–water partition coefficient (Wildman–Crippen LogP) is 3.98. The molecule has 0 bridgehead atoms. The van der Waals surface area contributed by atoms with E-state index in [0.717, 1.165) is 17.9 Å². The number of hydrogen-bond donors (Lipinski definition) is 1. The number of hydrogen-bond acceptors (Lipinski definition) is 1. The summed E-state index contributed by atoms with van der Waals surface area (Å²) in [7, 11) is 0. The minimum atomic E-state index is 0.631. The Morgan fingerprint density at radius 3 is 3.00 bits per heavy atom. The van der Waals surface area contributed by atoms with E-state index < -0.39 is 0 Å². The maximum Gasteiger partial charge on any atom is 0.120 e. The van der Waals surface area contributed by atoms with Gasteiger partial charge in [0.05, 0.1) is 6.61 Å². The number of rotatable bonds is 5. The van der Waals surface area contributed by atoms with Gasteiger partial charge in [0, 0.05) is 17.1 Å². The first-order valence-electron chi connectivity index (χ1n) is 5.99. The summed E-state index contributed by atoms with van der Waals surface area (Å²) in [4.78, 5) is 3.18. The van der Waals surface area contributed by atoms with Crippen molar-refractivity contribution in [2.24, 2.45) is 5.92 Å². The second-order valence-electron chi connectivity index (χ2n) is 4.43. The minimum Gasteiger partial charge on any atom is -0.493 e. The number of fused-ring (bicyclic) bond motifs is 1. The molecule has 0 saturated heterocycles. The molecule has 16 heavy (non-hydrogen) atoms. The van der Waals surface area contributed by atoms with Crippen LogP contribution < -0.4 is 4.74 Å². The molecule has 2 rings (SSSR count). The molecule has 1 atom stereocenters. The molecule has 2 aromatic rings. The molecule has 0 amide bonds. The van der Waals surface area contributed by atoms with Crippen molar-refractivity contribution in [1.82, 2.24) is 4.98 Å². The Kier molecular flexibility index (Phi) is 3.50. The lowest BCUT2D eigenvalue weighted by molar-refractivity contribution is 0.252. The Labute approximate surface area is 96.6 Å². The van der Waals surface area contributed by atoms with Crippen LogP contribution in [0.3, 0.4) is 0 Å². The zero-order chi connectivity index (χ0) is 11.4. The highest BCUT2D eigenvalue weighted by Gasteiger charge is 2.02. The van der Waals surface area contributed by atoms with Gasteiger partial charge < -0.3 is 9.72 Å². The zero-order valence-corrected chi connectivity index (χ0v) is 9.99. The lowest BCUT2D eigenvalue weighted by Crippen LogP contribution is -2.07. The third-order valence-electron chi connectivity index (χ3n) is 2.84. The van der Waals surface area contributed by atoms with Gasteiger partial charge in [-0.3, -0.25) is 0 Å². The second-order valence-corrected chi connectivity index (χ2v) is 4.43. The average Bonchev–Trinajstić information content (AvgIpc) is 2.74. The van der Waals surface area contributed by atoms with E-state index in [9.17, 15) is 0 Å².